The third kappa shape index (κ3) is 3.07. The Bertz CT molecular complexity index is 345. The zero-order valence-corrected chi connectivity index (χ0v) is 11.0. The highest BCUT2D eigenvalue weighted by molar-refractivity contribution is 4.89. The average molecular weight is 236 g/mol. The van der Waals surface area contributed by atoms with Crippen LogP contribution in [-0.2, 0) is 6.54 Å². The lowest BCUT2D eigenvalue weighted by atomic mass is 9.97. The fraction of sp³-hybridized carbons (Fsp3) is 0.769. The normalized spacial score (nSPS) is 23.8. The topological polar surface area (TPSA) is 47.1 Å². The van der Waals surface area contributed by atoms with Crippen molar-refractivity contribution in [1.29, 1.82) is 0 Å². The van der Waals surface area contributed by atoms with Gasteiger partial charge >= 0.3 is 0 Å². The summed E-state index contributed by atoms with van der Waals surface area (Å²) >= 11 is 0. The van der Waals surface area contributed by atoms with E-state index >= 15 is 0 Å². The molecule has 1 aliphatic heterocycles. The highest BCUT2D eigenvalue weighted by Crippen LogP contribution is 2.18. The molecule has 0 radical (unpaired) electrons. The number of hydrogen-bond donors (Lipinski definition) is 1. The lowest BCUT2D eigenvalue weighted by Gasteiger charge is -2.38. The van der Waals surface area contributed by atoms with Crippen molar-refractivity contribution >= 4 is 0 Å². The third-order valence-corrected chi connectivity index (χ3v) is 3.82. The first-order chi connectivity index (χ1) is 8.18. The first-order valence-corrected chi connectivity index (χ1v) is 6.66. The standard InChI is InChI=1S/C13H24N4/c1-11(14)13-5-3-4-7-17(13)10-9-16-8-6-15-12(16)2/h6,8,11,13H,3-5,7,9-10,14H2,1-2H3. The van der Waals surface area contributed by atoms with E-state index in [1.54, 1.807) is 0 Å². The van der Waals surface area contributed by atoms with Gasteiger partial charge in [0.05, 0.1) is 0 Å². The van der Waals surface area contributed by atoms with Crippen LogP contribution < -0.4 is 5.73 Å². The van der Waals surface area contributed by atoms with E-state index in [1.807, 2.05) is 6.20 Å². The first-order valence-electron chi connectivity index (χ1n) is 6.66. The van der Waals surface area contributed by atoms with Gasteiger partial charge in [0, 0.05) is 37.6 Å². The van der Waals surface area contributed by atoms with Gasteiger partial charge in [-0.05, 0) is 33.2 Å². The molecule has 1 aliphatic rings. The Labute approximate surface area is 104 Å². The summed E-state index contributed by atoms with van der Waals surface area (Å²) in [6, 6.07) is 0.840. The van der Waals surface area contributed by atoms with Crippen LogP contribution in [0.5, 0.6) is 0 Å². The van der Waals surface area contributed by atoms with E-state index in [0.717, 1.165) is 18.9 Å². The molecule has 2 atom stereocenters. The van der Waals surface area contributed by atoms with E-state index in [4.69, 9.17) is 5.73 Å². The molecule has 0 amide bonds. The third-order valence-electron chi connectivity index (χ3n) is 3.82. The molecule has 2 rings (SSSR count). The molecule has 0 aromatic carbocycles. The van der Waals surface area contributed by atoms with Gasteiger partial charge in [-0.3, -0.25) is 4.90 Å². The summed E-state index contributed by atoms with van der Waals surface area (Å²) in [6.07, 6.45) is 7.81. The van der Waals surface area contributed by atoms with Crippen LogP contribution in [0.2, 0.25) is 0 Å². The number of aromatic nitrogens is 2. The van der Waals surface area contributed by atoms with E-state index < -0.39 is 0 Å². The molecule has 0 aliphatic carbocycles. The Morgan fingerprint density at radius 3 is 2.94 bits per heavy atom. The number of nitrogens with two attached hydrogens (primary N) is 1. The predicted octanol–water partition coefficient (Wildman–Crippen LogP) is 1.39. The van der Waals surface area contributed by atoms with Gasteiger partial charge in [-0.1, -0.05) is 6.42 Å². The average Bonchev–Trinajstić information content (AvgIpc) is 2.72. The molecule has 2 unspecified atom stereocenters. The Kier molecular flexibility index (Phi) is 4.18. The summed E-state index contributed by atoms with van der Waals surface area (Å²) in [5, 5.41) is 0. The molecule has 1 aromatic rings. The van der Waals surface area contributed by atoms with E-state index in [9.17, 15) is 0 Å². The molecular formula is C13H24N4. The number of nitrogens with zero attached hydrogens (tertiary/aromatic N) is 3. The summed E-state index contributed by atoms with van der Waals surface area (Å²) in [6.45, 7) is 7.49. The number of piperidine rings is 1. The molecule has 1 fully saturated rings. The molecule has 2 N–H and O–H groups in total. The first kappa shape index (κ1) is 12.6. The van der Waals surface area contributed by atoms with Crippen molar-refractivity contribution in [3.05, 3.63) is 18.2 Å². The Morgan fingerprint density at radius 2 is 2.29 bits per heavy atom. The Hall–Kier alpha value is -0.870. The quantitative estimate of drug-likeness (QED) is 0.859. The van der Waals surface area contributed by atoms with Crippen molar-refractivity contribution < 1.29 is 0 Å². The van der Waals surface area contributed by atoms with Gasteiger partial charge in [0.25, 0.3) is 0 Å². The van der Waals surface area contributed by atoms with Crippen LogP contribution in [-0.4, -0.2) is 39.6 Å². The number of likely N-dealkylation sites (tertiary alicyclic amines) is 1. The van der Waals surface area contributed by atoms with Crippen LogP contribution >= 0.6 is 0 Å². The lowest BCUT2D eigenvalue weighted by Crippen LogP contribution is -2.50. The van der Waals surface area contributed by atoms with Gasteiger partial charge in [-0.15, -0.1) is 0 Å². The van der Waals surface area contributed by atoms with E-state index in [0.29, 0.717) is 6.04 Å². The zero-order valence-electron chi connectivity index (χ0n) is 11.0. The second kappa shape index (κ2) is 5.65. The molecule has 4 nitrogen and oxygen atoms in total. The van der Waals surface area contributed by atoms with Crippen molar-refractivity contribution in [3.8, 4) is 0 Å². The zero-order chi connectivity index (χ0) is 12.3. The lowest BCUT2D eigenvalue weighted by molar-refractivity contribution is 0.126. The molecule has 4 heteroatoms. The largest absolute Gasteiger partial charge is 0.334 e. The van der Waals surface area contributed by atoms with Crippen molar-refractivity contribution in [1.82, 2.24) is 14.5 Å². The second-order valence-electron chi connectivity index (χ2n) is 5.13. The van der Waals surface area contributed by atoms with Crippen LogP contribution in [0.4, 0.5) is 0 Å². The molecule has 2 heterocycles. The summed E-state index contributed by atoms with van der Waals surface area (Å²) < 4.78 is 2.22. The number of imidazole rings is 1. The molecule has 17 heavy (non-hydrogen) atoms. The van der Waals surface area contributed by atoms with Crippen LogP contribution in [0.3, 0.4) is 0 Å². The molecule has 0 spiro atoms. The minimum absolute atomic E-state index is 0.277. The minimum Gasteiger partial charge on any atom is -0.334 e. The van der Waals surface area contributed by atoms with Crippen molar-refractivity contribution in [2.24, 2.45) is 5.73 Å². The van der Waals surface area contributed by atoms with Gasteiger partial charge < -0.3 is 10.3 Å². The van der Waals surface area contributed by atoms with Crippen LogP contribution in [0.25, 0.3) is 0 Å². The molecule has 0 bridgehead atoms. The number of rotatable bonds is 4. The summed E-state index contributed by atoms with van der Waals surface area (Å²) in [5.74, 6) is 1.10. The number of hydrogen-bond acceptors (Lipinski definition) is 3. The van der Waals surface area contributed by atoms with E-state index in [1.165, 1.54) is 25.8 Å². The Balaban J connectivity index is 1.90. The maximum absolute atomic E-state index is 6.08. The van der Waals surface area contributed by atoms with Gasteiger partial charge in [0.1, 0.15) is 5.82 Å². The van der Waals surface area contributed by atoms with Gasteiger partial charge in [-0.25, -0.2) is 4.98 Å². The summed E-state index contributed by atoms with van der Waals surface area (Å²) in [7, 11) is 0. The van der Waals surface area contributed by atoms with E-state index in [2.05, 4.69) is 34.5 Å². The van der Waals surface area contributed by atoms with Crippen LogP contribution in [0, 0.1) is 6.92 Å². The van der Waals surface area contributed by atoms with Crippen LogP contribution in [0.1, 0.15) is 32.0 Å². The summed E-state index contributed by atoms with van der Waals surface area (Å²) in [4.78, 5) is 6.80. The maximum Gasteiger partial charge on any atom is 0.105 e. The van der Waals surface area contributed by atoms with Crippen molar-refractivity contribution in [3.63, 3.8) is 0 Å². The molecule has 96 valence electrons. The van der Waals surface area contributed by atoms with Crippen molar-refractivity contribution in [2.75, 3.05) is 13.1 Å². The summed E-state index contributed by atoms with van der Waals surface area (Å²) in [5.41, 5.74) is 6.08. The maximum atomic E-state index is 6.08. The highest BCUT2D eigenvalue weighted by Gasteiger charge is 2.24. The van der Waals surface area contributed by atoms with Gasteiger partial charge in [-0.2, -0.15) is 0 Å². The highest BCUT2D eigenvalue weighted by atomic mass is 15.2. The fourth-order valence-corrected chi connectivity index (χ4v) is 2.77. The van der Waals surface area contributed by atoms with E-state index in [-0.39, 0.29) is 6.04 Å². The Morgan fingerprint density at radius 1 is 1.47 bits per heavy atom. The van der Waals surface area contributed by atoms with Gasteiger partial charge in [0.2, 0.25) is 0 Å². The smallest absolute Gasteiger partial charge is 0.105 e. The predicted molar refractivity (Wildman–Crippen MR) is 69.8 cm³/mol. The second-order valence-corrected chi connectivity index (χ2v) is 5.13. The monoisotopic (exact) mass is 236 g/mol. The molecular weight excluding hydrogens is 212 g/mol. The SMILES string of the molecule is Cc1nccn1CCN1CCCCC1C(C)N. The molecule has 1 aromatic heterocycles. The van der Waals surface area contributed by atoms with Crippen molar-refractivity contribution in [2.45, 2.75) is 51.7 Å². The number of aryl methyl sites for hydroxylation is 1. The molecule has 0 saturated carbocycles. The van der Waals surface area contributed by atoms with Gasteiger partial charge in [0.15, 0.2) is 0 Å². The molecule has 1 saturated heterocycles. The van der Waals surface area contributed by atoms with Crippen LogP contribution in [0.15, 0.2) is 12.4 Å². The fourth-order valence-electron chi connectivity index (χ4n) is 2.77. The minimum atomic E-state index is 0.277.